The smallest absolute Gasteiger partial charge is 0.433 e. The molecule has 7 heteroatoms. The molecule has 0 aliphatic carbocycles. The zero-order valence-corrected chi connectivity index (χ0v) is 11.8. The van der Waals surface area contributed by atoms with Gasteiger partial charge in [-0.05, 0) is 36.8 Å². The monoisotopic (exact) mass is 316 g/mol. The van der Waals surface area contributed by atoms with Crippen LogP contribution in [0.3, 0.4) is 0 Å². The molecule has 0 radical (unpaired) electrons. The van der Waals surface area contributed by atoms with Crippen LogP contribution in [0, 0.1) is 6.92 Å². The average Bonchev–Trinajstić information content (AvgIpc) is 2.42. The predicted molar refractivity (Wildman–Crippen MR) is 73.4 cm³/mol. The minimum Gasteiger partial charge on any atom is -0.439 e. The molecule has 112 valence electrons. The molecule has 0 saturated heterocycles. The first-order valence-electron chi connectivity index (χ1n) is 6.02. The Morgan fingerprint density at radius 3 is 2.52 bits per heavy atom. The number of hydrogen-bond donors (Lipinski definition) is 1. The van der Waals surface area contributed by atoms with E-state index in [2.05, 4.69) is 4.98 Å². The van der Waals surface area contributed by atoms with Crippen molar-refractivity contribution in [2.75, 3.05) is 0 Å². The van der Waals surface area contributed by atoms with Crippen molar-refractivity contribution in [3.05, 3.63) is 52.2 Å². The Balaban J connectivity index is 2.39. The van der Waals surface area contributed by atoms with Crippen LogP contribution in [-0.2, 0) is 12.7 Å². The molecule has 0 spiro atoms. The topological polar surface area (TPSA) is 48.1 Å². The quantitative estimate of drug-likeness (QED) is 0.917. The summed E-state index contributed by atoms with van der Waals surface area (Å²) >= 11 is 5.89. The van der Waals surface area contributed by atoms with Gasteiger partial charge in [0.15, 0.2) is 0 Å². The molecule has 0 aliphatic rings. The highest BCUT2D eigenvalue weighted by molar-refractivity contribution is 6.31. The van der Waals surface area contributed by atoms with Gasteiger partial charge in [-0.3, -0.25) is 0 Å². The van der Waals surface area contributed by atoms with Crippen LogP contribution in [0.4, 0.5) is 13.2 Å². The van der Waals surface area contributed by atoms with E-state index in [1.54, 1.807) is 25.1 Å². The van der Waals surface area contributed by atoms with E-state index in [1.807, 2.05) is 0 Å². The SMILES string of the molecule is Cc1cc(Oc2nc(C(F)(F)F)ccc2CN)ccc1Cl. The van der Waals surface area contributed by atoms with Gasteiger partial charge in [-0.2, -0.15) is 13.2 Å². The van der Waals surface area contributed by atoms with E-state index in [0.29, 0.717) is 16.3 Å². The molecule has 1 heterocycles. The van der Waals surface area contributed by atoms with Crippen LogP contribution < -0.4 is 10.5 Å². The molecule has 0 saturated carbocycles. The lowest BCUT2D eigenvalue weighted by molar-refractivity contribution is -0.141. The fourth-order valence-electron chi connectivity index (χ4n) is 1.66. The van der Waals surface area contributed by atoms with Gasteiger partial charge in [-0.25, -0.2) is 4.98 Å². The maximum atomic E-state index is 12.7. The molecule has 1 aromatic carbocycles. The average molecular weight is 317 g/mol. The summed E-state index contributed by atoms with van der Waals surface area (Å²) in [4.78, 5) is 3.50. The van der Waals surface area contributed by atoms with Crippen molar-refractivity contribution in [2.24, 2.45) is 5.73 Å². The van der Waals surface area contributed by atoms with E-state index in [9.17, 15) is 13.2 Å². The van der Waals surface area contributed by atoms with Crippen molar-refractivity contribution >= 4 is 11.6 Å². The first-order valence-corrected chi connectivity index (χ1v) is 6.40. The van der Waals surface area contributed by atoms with E-state index in [4.69, 9.17) is 22.1 Å². The number of rotatable bonds is 3. The second-order valence-corrected chi connectivity index (χ2v) is 4.78. The number of nitrogens with zero attached hydrogens (tertiary/aromatic N) is 1. The van der Waals surface area contributed by atoms with Crippen molar-refractivity contribution in [2.45, 2.75) is 19.6 Å². The highest BCUT2D eigenvalue weighted by Crippen LogP contribution is 2.32. The van der Waals surface area contributed by atoms with Crippen LogP contribution in [0.1, 0.15) is 16.8 Å². The number of alkyl halides is 3. The summed E-state index contributed by atoms with van der Waals surface area (Å²) < 4.78 is 43.5. The highest BCUT2D eigenvalue weighted by Gasteiger charge is 2.33. The van der Waals surface area contributed by atoms with Crippen LogP contribution >= 0.6 is 11.6 Å². The molecule has 0 fully saturated rings. The number of aryl methyl sites for hydroxylation is 1. The van der Waals surface area contributed by atoms with Gasteiger partial charge in [0.25, 0.3) is 0 Å². The molecule has 0 atom stereocenters. The number of hydrogen-bond acceptors (Lipinski definition) is 3. The minimum absolute atomic E-state index is 0.0209. The van der Waals surface area contributed by atoms with Crippen LogP contribution in [0.25, 0.3) is 0 Å². The Bertz CT molecular complexity index is 659. The number of ether oxygens (including phenoxy) is 1. The van der Waals surface area contributed by atoms with Crippen molar-refractivity contribution in [3.8, 4) is 11.6 Å². The van der Waals surface area contributed by atoms with Gasteiger partial charge in [-0.15, -0.1) is 0 Å². The van der Waals surface area contributed by atoms with Gasteiger partial charge in [0, 0.05) is 17.1 Å². The third kappa shape index (κ3) is 3.65. The van der Waals surface area contributed by atoms with E-state index in [1.165, 1.54) is 6.07 Å². The molecule has 0 aliphatic heterocycles. The molecule has 0 amide bonds. The van der Waals surface area contributed by atoms with Crippen LogP contribution in [0.15, 0.2) is 30.3 Å². The van der Waals surface area contributed by atoms with Crippen LogP contribution in [-0.4, -0.2) is 4.98 Å². The molecular weight excluding hydrogens is 305 g/mol. The Morgan fingerprint density at radius 1 is 1.24 bits per heavy atom. The first-order chi connectivity index (χ1) is 9.81. The predicted octanol–water partition coefficient (Wildman–Crippen LogP) is 4.31. The molecule has 2 N–H and O–H groups in total. The van der Waals surface area contributed by atoms with Gasteiger partial charge in [-0.1, -0.05) is 17.7 Å². The number of nitrogens with two attached hydrogens (primary N) is 1. The summed E-state index contributed by atoms with van der Waals surface area (Å²) in [5.41, 5.74) is 5.60. The van der Waals surface area contributed by atoms with Gasteiger partial charge < -0.3 is 10.5 Å². The second-order valence-electron chi connectivity index (χ2n) is 4.38. The zero-order valence-electron chi connectivity index (χ0n) is 11.0. The number of aromatic nitrogens is 1. The summed E-state index contributed by atoms with van der Waals surface area (Å²) in [7, 11) is 0. The summed E-state index contributed by atoms with van der Waals surface area (Å²) in [6.07, 6.45) is -4.54. The summed E-state index contributed by atoms with van der Waals surface area (Å²) in [6, 6.07) is 6.90. The normalized spacial score (nSPS) is 11.5. The number of benzene rings is 1. The van der Waals surface area contributed by atoms with E-state index in [0.717, 1.165) is 11.6 Å². The molecule has 2 rings (SSSR count). The Kier molecular flexibility index (Phi) is 4.39. The maximum absolute atomic E-state index is 12.7. The van der Waals surface area contributed by atoms with Crippen molar-refractivity contribution < 1.29 is 17.9 Å². The van der Waals surface area contributed by atoms with Gasteiger partial charge in [0.2, 0.25) is 5.88 Å². The minimum atomic E-state index is -4.54. The lowest BCUT2D eigenvalue weighted by atomic mass is 10.2. The summed E-state index contributed by atoms with van der Waals surface area (Å²) in [6.45, 7) is 1.78. The molecule has 1 aromatic heterocycles. The Hall–Kier alpha value is -1.79. The lowest BCUT2D eigenvalue weighted by Gasteiger charge is -2.13. The molecule has 0 unspecified atom stereocenters. The molecule has 21 heavy (non-hydrogen) atoms. The van der Waals surface area contributed by atoms with Gasteiger partial charge in [0.1, 0.15) is 11.4 Å². The molecule has 3 nitrogen and oxygen atoms in total. The molecular formula is C14H12ClF3N2O. The number of pyridine rings is 1. The van der Waals surface area contributed by atoms with Gasteiger partial charge in [0.05, 0.1) is 0 Å². The summed E-state index contributed by atoms with van der Waals surface area (Å²) in [5, 5.41) is 0.540. The van der Waals surface area contributed by atoms with Crippen LogP contribution in [0.5, 0.6) is 11.6 Å². The second kappa shape index (κ2) is 5.91. The maximum Gasteiger partial charge on any atom is 0.433 e. The van der Waals surface area contributed by atoms with E-state index in [-0.39, 0.29) is 12.4 Å². The Labute approximate surface area is 124 Å². The van der Waals surface area contributed by atoms with Crippen molar-refractivity contribution in [3.63, 3.8) is 0 Å². The van der Waals surface area contributed by atoms with Crippen molar-refractivity contribution in [1.29, 1.82) is 0 Å². The largest absolute Gasteiger partial charge is 0.439 e. The van der Waals surface area contributed by atoms with E-state index >= 15 is 0 Å². The van der Waals surface area contributed by atoms with E-state index < -0.39 is 11.9 Å². The molecule has 2 aromatic rings. The zero-order chi connectivity index (χ0) is 15.6. The van der Waals surface area contributed by atoms with Gasteiger partial charge >= 0.3 is 6.18 Å². The fraction of sp³-hybridized carbons (Fsp3) is 0.214. The fourth-order valence-corrected chi connectivity index (χ4v) is 1.78. The standard InChI is InChI=1S/C14H12ClF3N2O/c1-8-6-10(3-4-11(8)15)21-13-9(7-19)2-5-12(20-13)14(16,17)18/h2-6H,7,19H2,1H3. The van der Waals surface area contributed by atoms with Crippen molar-refractivity contribution in [1.82, 2.24) is 4.98 Å². The molecule has 0 bridgehead atoms. The van der Waals surface area contributed by atoms with Crippen LogP contribution in [0.2, 0.25) is 5.02 Å². The number of halogens is 4. The first kappa shape index (κ1) is 15.6. The third-order valence-electron chi connectivity index (χ3n) is 2.79. The summed E-state index contributed by atoms with van der Waals surface area (Å²) in [5.74, 6) is 0.187. The highest BCUT2D eigenvalue weighted by atomic mass is 35.5. The Morgan fingerprint density at radius 2 is 1.95 bits per heavy atom. The third-order valence-corrected chi connectivity index (χ3v) is 3.22. The lowest BCUT2D eigenvalue weighted by Crippen LogP contribution is -2.10.